The Bertz CT molecular complexity index is 1000. The van der Waals surface area contributed by atoms with Gasteiger partial charge >= 0.3 is 0 Å². The predicted molar refractivity (Wildman–Crippen MR) is 125 cm³/mol. The lowest BCUT2D eigenvalue weighted by molar-refractivity contribution is 0.0977. The molecule has 164 valence electrons. The number of hydrogen-bond donors (Lipinski definition) is 2. The summed E-state index contributed by atoms with van der Waals surface area (Å²) in [7, 11) is 4.46. The highest BCUT2D eigenvalue weighted by atomic mass is 32.1. The van der Waals surface area contributed by atoms with Crippen molar-refractivity contribution >= 4 is 39.6 Å². The summed E-state index contributed by atoms with van der Waals surface area (Å²) >= 11 is 6.90. The molecule has 1 aliphatic rings. The minimum absolute atomic E-state index is 0.129. The Labute approximate surface area is 191 Å². The Morgan fingerprint density at radius 3 is 2.29 bits per heavy atom. The van der Waals surface area contributed by atoms with Crippen LogP contribution in [0.3, 0.4) is 0 Å². The van der Waals surface area contributed by atoms with Crippen LogP contribution in [0, 0.1) is 11.3 Å². The predicted octanol–water partition coefficient (Wildman–Crippen LogP) is 4.43. The molecule has 1 aromatic carbocycles. The van der Waals surface area contributed by atoms with Gasteiger partial charge in [-0.2, -0.15) is 5.26 Å². The van der Waals surface area contributed by atoms with Crippen LogP contribution in [0.2, 0.25) is 0 Å². The van der Waals surface area contributed by atoms with Crippen molar-refractivity contribution in [1.82, 2.24) is 5.32 Å². The normalized spacial score (nSPS) is 13.1. The molecule has 0 fully saturated rings. The largest absolute Gasteiger partial charge is 0.493 e. The van der Waals surface area contributed by atoms with E-state index in [4.69, 9.17) is 26.4 Å². The second kappa shape index (κ2) is 10.5. The Morgan fingerprint density at radius 1 is 1.06 bits per heavy atom. The average molecular weight is 460 g/mol. The number of thiocarbonyl (C=S) groups is 1. The van der Waals surface area contributed by atoms with Crippen LogP contribution < -0.4 is 24.8 Å². The summed E-state index contributed by atoms with van der Waals surface area (Å²) < 4.78 is 15.9. The number of carbonyl (C=O) groups excluding carboxylic acids is 1. The first kappa shape index (κ1) is 22.8. The number of thiophene rings is 1. The topological polar surface area (TPSA) is 92.6 Å². The molecule has 0 unspecified atom stereocenters. The highest BCUT2D eigenvalue weighted by Crippen LogP contribution is 2.38. The molecular formula is C22H25N3O4S2. The molecule has 31 heavy (non-hydrogen) atoms. The van der Waals surface area contributed by atoms with Crippen LogP contribution in [-0.2, 0) is 12.8 Å². The van der Waals surface area contributed by atoms with Gasteiger partial charge < -0.3 is 19.5 Å². The Balaban J connectivity index is 1.78. The van der Waals surface area contributed by atoms with Gasteiger partial charge in [0.2, 0.25) is 5.75 Å². The molecule has 2 N–H and O–H groups in total. The van der Waals surface area contributed by atoms with Crippen LogP contribution in [0.5, 0.6) is 17.2 Å². The van der Waals surface area contributed by atoms with E-state index in [1.807, 2.05) is 0 Å². The van der Waals surface area contributed by atoms with Crippen molar-refractivity contribution in [3.63, 3.8) is 0 Å². The van der Waals surface area contributed by atoms with E-state index in [-0.39, 0.29) is 5.11 Å². The number of fused-ring (bicyclic) bond motifs is 1. The SMILES string of the molecule is COc1cc(C(=O)NC(=S)Nc2sc3c(c2C#N)CCCCCC3)cc(OC)c1OC. The van der Waals surface area contributed by atoms with Crippen LogP contribution >= 0.6 is 23.6 Å². The fourth-order valence-electron chi connectivity index (χ4n) is 3.65. The number of anilines is 1. The van der Waals surface area contributed by atoms with E-state index in [0.717, 1.165) is 31.2 Å². The summed E-state index contributed by atoms with van der Waals surface area (Å²) in [5.74, 6) is 0.716. The number of nitrogens with zero attached hydrogens (tertiary/aromatic N) is 1. The van der Waals surface area contributed by atoms with Crippen molar-refractivity contribution in [2.45, 2.75) is 38.5 Å². The van der Waals surface area contributed by atoms with Crippen molar-refractivity contribution in [3.8, 4) is 23.3 Å². The Morgan fingerprint density at radius 2 is 1.71 bits per heavy atom. The van der Waals surface area contributed by atoms with Crippen LogP contribution in [0.1, 0.15) is 52.0 Å². The molecule has 1 amide bonds. The fraction of sp³-hybridized carbons (Fsp3) is 0.409. The first-order valence-electron chi connectivity index (χ1n) is 9.99. The van der Waals surface area contributed by atoms with Crippen LogP contribution in [0.25, 0.3) is 0 Å². The highest BCUT2D eigenvalue weighted by Gasteiger charge is 2.21. The lowest BCUT2D eigenvalue weighted by atomic mass is 9.97. The molecule has 3 rings (SSSR count). The molecule has 0 bridgehead atoms. The third kappa shape index (κ3) is 5.09. The maximum Gasteiger partial charge on any atom is 0.257 e. The number of amides is 1. The fourth-order valence-corrected chi connectivity index (χ4v) is 5.15. The standard InChI is InChI=1S/C22H25N3O4S2/c1-27-16-10-13(11-17(28-2)19(16)29-3)20(26)24-22(30)25-21-15(12-23)14-8-6-4-5-7-9-18(14)31-21/h10-11H,4-9H2,1-3H3,(H2,24,25,26,30). The van der Waals surface area contributed by atoms with Crippen molar-refractivity contribution in [2.75, 3.05) is 26.6 Å². The zero-order valence-electron chi connectivity index (χ0n) is 17.8. The van der Waals surface area contributed by atoms with Gasteiger partial charge in [-0.25, -0.2) is 0 Å². The first-order valence-corrected chi connectivity index (χ1v) is 11.2. The zero-order valence-corrected chi connectivity index (χ0v) is 19.4. The Hall–Kier alpha value is -2.83. The average Bonchev–Trinajstić information content (AvgIpc) is 3.07. The minimum atomic E-state index is -0.426. The summed E-state index contributed by atoms with van der Waals surface area (Å²) in [6.45, 7) is 0. The summed E-state index contributed by atoms with van der Waals surface area (Å²) in [6.07, 6.45) is 6.49. The van der Waals surface area contributed by atoms with Crippen LogP contribution in [-0.4, -0.2) is 32.3 Å². The second-order valence-electron chi connectivity index (χ2n) is 7.06. The maximum atomic E-state index is 12.8. The van der Waals surface area contributed by atoms with Crippen molar-refractivity contribution < 1.29 is 19.0 Å². The summed E-state index contributed by atoms with van der Waals surface area (Å²) in [6, 6.07) is 5.42. The number of hydrogen-bond acceptors (Lipinski definition) is 7. The minimum Gasteiger partial charge on any atom is -0.493 e. The van der Waals surface area contributed by atoms with Gasteiger partial charge in [-0.1, -0.05) is 12.8 Å². The van der Waals surface area contributed by atoms with Crippen LogP contribution in [0.4, 0.5) is 5.00 Å². The van der Waals surface area contributed by atoms with E-state index in [1.54, 1.807) is 23.5 Å². The highest BCUT2D eigenvalue weighted by molar-refractivity contribution is 7.80. The van der Waals surface area contributed by atoms with Gasteiger partial charge in [-0.3, -0.25) is 10.1 Å². The van der Waals surface area contributed by atoms with Gasteiger partial charge in [0.25, 0.3) is 5.91 Å². The molecule has 9 heteroatoms. The number of nitriles is 1. The summed E-state index contributed by atoms with van der Waals surface area (Å²) in [5.41, 5.74) is 2.05. The number of rotatable bonds is 5. The van der Waals surface area contributed by atoms with Crippen molar-refractivity contribution in [3.05, 3.63) is 33.7 Å². The molecule has 1 heterocycles. The van der Waals surface area contributed by atoms with Crippen LogP contribution in [0.15, 0.2) is 12.1 Å². The maximum absolute atomic E-state index is 12.8. The smallest absolute Gasteiger partial charge is 0.257 e. The molecule has 0 saturated heterocycles. The van der Waals surface area contributed by atoms with E-state index in [1.165, 1.54) is 39.0 Å². The number of ether oxygens (including phenoxy) is 3. The van der Waals surface area contributed by atoms with E-state index in [9.17, 15) is 10.1 Å². The third-order valence-electron chi connectivity index (χ3n) is 5.16. The van der Waals surface area contributed by atoms with Crippen molar-refractivity contribution in [2.24, 2.45) is 0 Å². The monoisotopic (exact) mass is 459 g/mol. The van der Waals surface area contributed by atoms with Crippen molar-refractivity contribution in [1.29, 1.82) is 5.26 Å². The van der Waals surface area contributed by atoms with Gasteiger partial charge in [0.05, 0.1) is 26.9 Å². The number of nitrogens with one attached hydrogen (secondary N) is 2. The van der Waals surface area contributed by atoms with Gasteiger partial charge in [-0.05, 0) is 55.6 Å². The van der Waals surface area contributed by atoms with E-state index >= 15 is 0 Å². The van der Waals surface area contributed by atoms with Gasteiger partial charge in [0.1, 0.15) is 11.1 Å². The molecule has 7 nitrogen and oxygen atoms in total. The molecular weight excluding hydrogens is 434 g/mol. The lowest BCUT2D eigenvalue weighted by Crippen LogP contribution is -2.34. The molecule has 0 atom stereocenters. The molecule has 1 aliphatic carbocycles. The first-order chi connectivity index (χ1) is 15.0. The van der Waals surface area contributed by atoms with Gasteiger partial charge in [0.15, 0.2) is 16.6 Å². The lowest BCUT2D eigenvalue weighted by Gasteiger charge is -2.14. The van der Waals surface area contributed by atoms with E-state index < -0.39 is 5.91 Å². The quantitative estimate of drug-likeness (QED) is 0.639. The molecule has 2 aromatic rings. The molecule has 0 aliphatic heterocycles. The van der Waals surface area contributed by atoms with E-state index in [2.05, 4.69) is 16.7 Å². The number of carbonyl (C=O) groups is 1. The molecule has 0 radical (unpaired) electrons. The van der Waals surface area contributed by atoms with E-state index in [0.29, 0.717) is 33.4 Å². The number of methoxy groups -OCH3 is 3. The van der Waals surface area contributed by atoms with Gasteiger partial charge in [0, 0.05) is 10.4 Å². The number of benzene rings is 1. The molecule has 1 aromatic heterocycles. The number of aryl methyl sites for hydroxylation is 1. The molecule has 0 saturated carbocycles. The Kier molecular flexibility index (Phi) is 7.71. The molecule has 0 spiro atoms. The second-order valence-corrected chi connectivity index (χ2v) is 8.57. The zero-order chi connectivity index (χ0) is 22.4. The summed E-state index contributed by atoms with van der Waals surface area (Å²) in [4.78, 5) is 14.0. The van der Waals surface area contributed by atoms with Gasteiger partial charge in [-0.15, -0.1) is 11.3 Å². The summed E-state index contributed by atoms with van der Waals surface area (Å²) in [5, 5.41) is 16.2. The third-order valence-corrected chi connectivity index (χ3v) is 6.58.